The van der Waals surface area contributed by atoms with Gasteiger partial charge in [-0.05, 0) is 17.9 Å². The Hall–Kier alpha value is -0.390. The number of thiophene rings is 1. The van der Waals surface area contributed by atoms with Gasteiger partial charge in [0.25, 0.3) is 0 Å². The van der Waals surface area contributed by atoms with Crippen LogP contribution in [-0.4, -0.2) is 64.0 Å². The predicted molar refractivity (Wildman–Crippen MR) is 91.3 cm³/mol. The number of sulfonamides is 1. The topological polar surface area (TPSA) is 61.4 Å². The summed E-state index contributed by atoms with van der Waals surface area (Å²) in [5, 5.41) is 4.82. The average molecular weight is 408 g/mol. The number of nitrogens with one attached hydrogen (secondary N) is 2. The fourth-order valence-corrected chi connectivity index (χ4v) is 4.30. The highest BCUT2D eigenvalue weighted by Gasteiger charge is 2.44. The molecule has 0 bridgehead atoms. The highest BCUT2D eigenvalue weighted by Crippen LogP contribution is 2.25. The number of halogens is 4. The largest absolute Gasteiger partial charge is 0.405 e. The Bertz CT molecular complexity index is 576. The Balaban J connectivity index is 0.00000288. The highest BCUT2D eigenvalue weighted by atomic mass is 35.5. The Morgan fingerprint density at radius 3 is 2.54 bits per heavy atom. The fraction of sp³-hybridized carbons (Fsp3) is 0.692. The second-order valence-electron chi connectivity index (χ2n) is 5.34. The van der Waals surface area contributed by atoms with Crippen molar-refractivity contribution in [2.45, 2.75) is 18.6 Å². The van der Waals surface area contributed by atoms with Gasteiger partial charge in [-0.1, -0.05) is 6.07 Å². The van der Waals surface area contributed by atoms with Crippen LogP contribution in [0.2, 0.25) is 0 Å². The van der Waals surface area contributed by atoms with E-state index < -0.39 is 28.8 Å². The summed E-state index contributed by atoms with van der Waals surface area (Å²) in [4.78, 5) is 2.17. The van der Waals surface area contributed by atoms with E-state index in [4.69, 9.17) is 0 Å². The van der Waals surface area contributed by atoms with Gasteiger partial charge in [0.05, 0.1) is 5.75 Å². The van der Waals surface area contributed by atoms with E-state index in [9.17, 15) is 21.6 Å². The zero-order valence-electron chi connectivity index (χ0n) is 12.9. The molecule has 1 unspecified atom stereocenters. The summed E-state index contributed by atoms with van der Waals surface area (Å²) >= 11 is 1.43. The number of hydrogen-bond acceptors (Lipinski definition) is 5. The molecule has 5 nitrogen and oxygen atoms in total. The third-order valence-corrected chi connectivity index (χ3v) is 5.95. The predicted octanol–water partition coefficient (Wildman–Crippen LogP) is 1.47. The van der Waals surface area contributed by atoms with Gasteiger partial charge in [0.1, 0.15) is 6.04 Å². The maximum Gasteiger partial charge on any atom is 0.405 e. The van der Waals surface area contributed by atoms with Crippen LogP contribution in [0.15, 0.2) is 17.5 Å². The molecule has 0 saturated carbocycles. The van der Waals surface area contributed by atoms with Crippen LogP contribution in [0.1, 0.15) is 4.88 Å². The maximum atomic E-state index is 13.2. The van der Waals surface area contributed by atoms with Crippen molar-refractivity contribution in [3.63, 3.8) is 0 Å². The molecule has 1 aromatic heterocycles. The average Bonchev–Trinajstić information content (AvgIpc) is 2.98. The third kappa shape index (κ3) is 6.85. The standard InChI is InChI=1S/C13H20F3N3O2S2.ClH/c14-13(15,16)12(19-6-4-17-5-7-19)10-18-23(20,21)9-3-11-2-1-8-22-11;/h1-2,8,12,17-18H,3-7,9-10H2;1H. The van der Waals surface area contributed by atoms with Gasteiger partial charge in [0.15, 0.2) is 0 Å². The lowest BCUT2D eigenvalue weighted by molar-refractivity contribution is -0.182. The van der Waals surface area contributed by atoms with Crippen LogP contribution in [0, 0.1) is 0 Å². The molecule has 2 N–H and O–H groups in total. The Kier molecular flexibility index (Phi) is 8.43. The van der Waals surface area contributed by atoms with Gasteiger partial charge in [-0.25, -0.2) is 13.1 Å². The van der Waals surface area contributed by atoms with Crippen molar-refractivity contribution in [3.05, 3.63) is 22.4 Å². The fourth-order valence-electron chi connectivity index (χ4n) is 2.41. The number of rotatable bonds is 7. The molecule has 11 heteroatoms. The minimum atomic E-state index is -4.46. The van der Waals surface area contributed by atoms with Gasteiger partial charge in [-0.2, -0.15) is 13.2 Å². The lowest BCUT2D eigenvalue weighted by Crippen LogP contribution is -2.57. The van der Waals surface area contributed by atoms with Crippen molar-refractivity contribution in [1.29, 1.82) is 0 Å². The van der Waals surface area contributed by atoms with E-state index in [0.717, 1.165) is 4.88 Å². The van der Waals surface area contributed by atoms with Crippen LogP contribution in [0.4, 0.5) is 13.2 Å². The number of alkyl halides is 3. The van der Waals surface area contributed by atoms with Crippen molar-refractivity contribution in [2.24, 2.45) is 0 Å². The first kappa shape index (κ1) is 21.7. The molecule has 1 aliphatic heterocycles. The first-order valence-electron chi connectivity index (χ1n) is 7.29. The van der Waals surface area contributed by atoms with Gasteiger partial charge in [0.2, 0.25) is 10.0 Å². The molecule has 24 heavy (non-hydrogen) atoms. The summed E-state index contributed by atoms with van der Waals surface area (Å²) < 4.78 is 65.6. The third-order valence-electron chi connectivity index (χ3n) is 3.66. The van der Waals surface area contributed by atoms with Gasteiger partial charge in [-0.15, -0.1) is 23.7 Å². The van der Waals surface area contributed by atoms with Crippen molar-refractivity contribution in [3.8, 4) is 0 Å². The van der Waals surface area contributed by atoms with Gasteiger partial charge in [-0.3, -0.25) is 4.90 Å². The molecular weight excluding hydrogens is 387 g/mol. The van der Waals surface area contributed by atoms with Gasteiger partial charge >= 0.3 is 6.18 Å². The number of piperazine rings is 1. The molecule has 1 aromatic rings. The lowest BCUT2D eigenvalue weighted by Gasteiger charge is -2.35. The van der Waals surface area contributed by atoms with Crippen molar-refractivity contribution in [2.75, 3.05) is 38.5 Å². The summed E-state index contributed by atoms with van der Waals surface area (Å²) in [5.74, 6) is -0.209. The van der Waals surface area contributed by atoms with Crippen molar-refractivity contribution < 1.29 is 21.6 Å². The smallest absolute Gasteiger partial charge is 0.314 e. The van der Waals surface area contributed by atoms with E-state index >= 15 is 0 Å². The zero-order chi connectivity index (χ0) is 16.9. The van der Waals surface area contributed by atoms with Crippen LogP contribution in [0.5, 0.6) is 0 Å². The summed E-state index contributed by atoms with van der Waals surface area (Å²) in [6.07, 6.45) is -4.16. The number of nitrogens with zero attached hydrogens (tertiary/aromatic N) is 1. The second kappa shape index (κ2) is 9.35. The van der Waals surface area contributed by atoms with E-state index in [1.165, 1.54) is 16.2 Å². The lowest BCUT2D eigenvalue weighted by atomic mass is 10.2. The number of aryl methyl sites for hydroxylation is 1. The van der Waals surface area contributed by atoms with Crippen LogP contribution < -0.4 is 10.0 Å². The molecule has 1 atom stereocenters. The minimum Gasteiger partial charge on any atom is -0.314 e. The first-order chi connectivity index (χ1) is 10.8. The van der Waals surface area contributed by atoms with Gasteiger partial charge < -0.3 is 5.32 Å². The molecule has 1 saturated heterocycles. The van der Waals surface area contributed by atoms with Crippen LogP contribution >= 0.6 is 23.7 Å². The summed E-state index contributed by atoms with van der Waals surface area (Å²) in [6.45, 7) is 0.799. The quantitative estimate of drug-likeness (QED) is 0.718. The SMILES string of the molecule is Cl.O=S(=O)(CCc1cccs1)NCC(N1CCNCC1)C(F)(F)F. The summed E-state index contributed by atoms with van der Waals surface area (Å²) in [6, 6.07) is 1.82. The zero-order valence-corrected chi connectivity index (χ0v) is 15.3. The molecule has 0 radical (unpaired) electrons. The van der Waals surface area contributed by atoms with Crippen molar-refractivity contribution >= 4 is 33.8 Å². The molecule has 140 valence electrons. The Morgan fingerprint density at radius 1 is 1.33 bits per heavy atom. The normalized spacial score (nSPS) is 18.1. The van der Waals surface area contributed by atoms with Crippen LogP contribution in [0.25, 0.3) is 0 Å². The maximum absolute atomic E-state index is 13.2. The van der Waals surface area contributed by atoms with E-state index in [1.807, 2.05) is 11.4 Å². The van der Waals surface area contributed by atoms with Crippen LogP contribution in [0.3, 0.4) is 0 Å². The second-order valence-corrected chi connectivity index (χ2v) is 8.30. The monoisotopic (exact) mass is 407 g/mol. The van der Waals surface area contributed by atoms with E-state index in [2.05, 4.69) is 10.0 Å². The Morgan fingerprint density at radius 2 is 2.00 bits per heavy atom. The summed E-state index contributed by atoms with van der Waals surface area (Å²) in [5.41, 5.74) is 0. The summed E-state index contributed by atoms with van der Waals surface area (Å²) in [7, 11) is -3.74. The minimum absolute atomic E-state index is 0. The molecule has 1 aliphatic rings. The van der Waals surface area contributed by atoms with E-state index in [-0.39, 0.29) is 31.2 Å². The molecule has 0 amide bonds. The van der Waals surface area contributed by atoms with Crippen LogP contribution in [-0.2, 0) is 16.4 Å². The number of hydrogen-bond donors (Lipinski definition) is 2. The highest BCUT2D eigenvalue weighted by molar-refractivity contribution is 7.89. The molecule has 2 rings (SSSR count). The molecule has 0 aliphatic carbocycles. The molecule has 0 aromatic carbocycles. The molecule has 2 heterocycles. The molecule has 1 fully saturated rings. The van der Waals surface area contributed by atoms with E-state index in [1.54, 1.807) is 6.07 Å². The van der Waals surface area contributed by atoms with E-state index in [0.29, 0.717) is 19.5 Å². The van der Waals surface area contributed by atoms with Gasteiger partial charge in [0, 0.05) is 37.6 Å². The molecular formula is C13H21ClF3N3O2S2. The molecule has 0 spiro atoms. The Labute approximate surface area is 150 Å². The first-order valence-corrected chi connectivity index (χ1v) is 9.82. The van der Waals surface area contributed by atoms with Crippen molar-refractivity contribution in [1.82, 2.24) is 14.9 Å².